The van der Waals surface area contributed by atoms with Gasteiger partial charge in [-0.1, -0.05) is 30.3 Å². The zero-order chi connectivity index (χ0) is 9.14. The van der Waals surface area contributed by atoms with Crippen LogP contribution in [0.15, 0.2) is 30.5 Å². The molecule has 12 heavy (non-hydrogen) atoms. The van der Waals surface area contributed by atoms with E-state index >= 15 is 0 Å². The van der Waals surface area contributed by atoms with E-state index in [1.165, 1.54) is 16.7 Å². The summed E-state index contributed by atoms with van der Waals surface area (Å²) in [5.74, 6) is 0. The molecule has 0 aliphatic carbocycles. The zero-order valence-corrected chi connectivity index (χ0v) is 7.72. The van der Waals surface area contributed by atoms with E-state index in [-0.39, 0.29) is 0 Å². The molecule has 1 aromatic rings. The van der Waals surface area contributed by atoms with Crippen molar-refractivity contribution in [3.63, 3.8) is 0 Å². The number of allylic oxidation sites excluding steroid dienone is 1. The minimum atomic E-state index is 0.726. The number of nitrogens with two attached hydrogens (primary N) is 1. The number of hydrogen-bond acceptors (Lipinski definition) is 1. The van der Waals surface area contributed by atoms with Gasteiger partial charge in [0, 0.05) is 12.1 Å². The van der Waals surface area contributed by atoms with Gasteiger partial charge in [0.25, 0.3) is 0 Å². The van der Waals surface area contributed by atoms with Gasteiger partial charge in [-0.3, -0.25) is 0 Å². The van der Waals surface area contributed by atoms with Gasteiger partial charge < -0.3 is 5.73 Å². The van der Waals surface area contributed by atoms with Crippen LogP contribution in [0, 0.1) is 13.8 Å². The van der Waals surface area contributed by atoms with Crippen molar-refractivity contribution in [1.29, 1.82) is 0 Å². The summed E-state index contributed by atoms with van der Waals surface area (Å²) >= 11 is 0. The summed E-state index contributed by atoms with van der Waals surface area (Å²) in [4.78, 5) is 0. The van der Waals surface area contributed by atoms with Crippen molar-refractivity contribution in [2.45, 2.75) is 20.3 Å². The molecule has 0 saturated heterocycles. The molecule has 0 aromatic heterocycles. The maximum Gasteiger partial charge on any atom is 0.0117 e. The maximum absolute atomic E-state index is 5.55. The molecule has 0 aliphatic rings. The average molecular weight is 161 g/mol. The predicted octanol–water partition coefficient (Wildman–Crippen LogP) is 2.32. The van der Waals surface area contributed by atoms with Gasteiger partial charge in [0.15, 0.2) is 0 Å². The lowest BCUT2D eigenvalue weighted by molar-refractivity contribution is 1.09. The maximum atomic E-state index is 5.55. The largest absolute Gasteiger partial charge is 0.402 e. The third kappa shape index (κ3) is 2.12. The van der Waals surface area contributed by atoms with Crippen LogP contribution in [0.4, 0.5) is 0 Å². The van der Waals surface area contributed by atoms with Crippen molar-refractivity contribution in [3.8, 4) is 0 Å². The Morgan fingerprint density at radius 1 is 1.42 bits per heavy atom. The molecule has 1 rings (SSSR count). The third-order valence-corrected chi connectivity index (χ3v) is 1.92. The molecule has 0 fully saturated rings. The molecule has 0 heterocycles. The number of hydrogen-bond donors (Lipinski definition) is 1. The molecule has 0 unspecified atom stereocenters. The predicted molar refractivity (Wildman–Crippen MR) is 52.9 cm³/mol. The first-order valence-electron chi connectivity index (χ1n) is 4.09. The highest BCUT2D eigenvalue weighted by atomic mass is 14.6. The fourth-order valence-corrected chi connectivity index (χ4v) is 1.24. The summed E-state index contributed by atoms with van der Waals surface area (Å²) in [6, 6.07) is 6.39. The van der Waals surface area contributed by atoms with Crippen molar-refractivity contribution in [1.82, 2.24) is 0 Å². The zero-order valence-electron chi connectivity index (χ0n) is 7.72. The van der Waals surface area contributed by atoms with Gasteiger partial charge >= 0.3 is 0 Å². The van der Waals surface area contributed by atoms with Crippen LogP contribution in [0.1, 0.15) is 16.7 Å². The SMILES string of the molecule is C=C(N)Cc1cc(C)ccc1C. The van der Waals surface area contributed by atoms with Crippen molar-refractivity contribution in [2.24, 2.45) is 5.73 Å². The first-order valence-corrected chi connectivity index (χ1v) is 4.09. The van der Waals surface area contributed by atoms with Crippen LogP contribution in [0.25, 0.3) is 0 Å². The van der Waals surface area contributed by atoms with E-state index in [4.69, 9.17) is 5.73 Å². The number of benzene rings is 1. The summed E-state index contributed by atoms with van der Waals surface area (Å²) in [5.41, 5.74) is 10.1. The van der Waals surface area contributed by atoms with Gasteiger partial charge in [-0.05, 0) is 25.0 Å². The van der Waals surface area contributed by atoms with E-state index in [1.54, 1.807) is 0 Å². The Bertz CT molecular complexity index is 300. The van der Waals surface area contributed by atoms with E-state index in [2.05, 4.69) is 38.6 Å². The van der Waals surface area contributed by atoms with E-state index < -0.39 is 0 Å². The summed E-state index contributed by atoms with van der Waals surface area (Å²) in [5, 5.41) is 0. The van der Waals surface area contributed by atoms with Gasteiger partial charge in [-0.25, -0.2) is 0 Å². The second-order valence-electron chi connectivity index (χ2n) is 3.26. The fraction of sp³-hybridized carbons (Fsp3) is 0.273. The first-order chi connectivity index (χ1) is 5.59. The lowest BCUT2D eigenvalue weighted by Crippen LogP contribution is -2.00. The molecule has 0 radical (unpaired) electrons. The van der Waals surface area contributed by atoms with Crippen LogP contribution >= 0.6 is 0 Å². The lowest BCUT2D eigenvalue weighted by atomic mass is 10.0. The smallest absolute Gasteiger partial charge is 0.0117 e. The molecule has 0 spiro atoms. The highest BCUT2D eigenvalue weighted by Crippen LogP contribution is 2.12. The second-order valence-corrected chi connectivity index (χ2v) is 3.26. The van der Waals surface area contributed by atoms with Crippen molar-refractivity contribution in [3.05, 3.63) is 47.2 Å². The average Bonchev–Trinajstić information content (AvgIpc) is 1.96. The van der Waals surface area contributed by atoms with Crippen molar-refractivity contribution < 1.29 is 0 Å². The van der Waals surface area contributed by atoms with Crippen LogP contribution in [0.3, 0.4) is 0 Å². The Kier molecular flexibility index (Phi) is 2.54. The topological polar surface area (TPSA) is 26.0 Å². The minimum absolute atomic E-state index is 0.726. The number of aryl methyl sites for hydroxylation is 2. The Balaban J connectivity index is 2.97. The van der Waals surface area contributed by atoms with Crippen LogP contribution in [-0.2, 0) is 6.42 Å². The number of rotatable bonds is 2. The molecule has 2 N–H and O–H groups in total. The van der Waals surface area contributed by atoms with Crippen LogP contribution in [0.2, 0.25) is 0 Å². The van der Waals surface area contributed by atoms with Crippen LogP contribution in [-0.4, -0.2) is 0 Å². The van der Waals surface area contributed by atoms with Crippen LogP contribution < -0.4 is 5.73 Å². The van der Waals surface area contributed by atoms with Gasteiger partial charge in [0.2, 0.25) is 0 Å². The van der Waals surface area contributed by atoms with Crippen molar-refractivity contribution >= 4 is 0 Å². The molecule has 0 amide bonds. The molecule has 0 bridgehead atoms. The Hall–Kier alpha value is -1.24. The Morgan fingerprint density at radius 3 is 2.67 bits per heavy atom. The van der Waals surface area contributed by atoms with Crippen molar-refractivity contribution in [2.75, 3.05) is 0 Å². The van der Waals surface area contributed by atoms with E-state index in [0.717, 1.165) is 12.1 Å². The molecule has 0 atom stereocenters. The Morgan fingerprint density at radius 2 is 2.08 bits per heavy atom. The Labute approximate surface area is 73.9 Å². The van der Waals surface area contributed by atoms with Gasteiger partial charge in [-0.2, -0.15) is 0 Å². The standard InChI is InChI=1S/C11H15N/c1-8-4-5-9(2)11(6-8)7-10(3)12/h4-6H,3,7,12H2,1-2H3. The minimum Gasteiger partial charge on any atom is -0.402 e. The van der Waals surface area contributed by atoms with Gasteiger partial charge in [-0.15, -0.1) is 0 Å². The molecule has 0 saturated carbocycles. The fourth-order valence-electron chi connectivity index (χ4n) is 1.24. The summed E-state index contributed by atoms with van der Waals surface area (Å²) in [7, 11) is 0. The van der Waals surface area contributed by atoms with Crippen LogP contribution in [0.5, 0.6) is 0 Å². The summed E-state index contributed by atoms with van der Waals surface area (Å²) in [6.45, 7) is 7.88. The molecule has 64 valence electrons. The molecular formula is C11H15N. The van der Waals surface area contributed by atoms with Gasteiger partial charge in [0.05, 0.1) is 0 Å². The highest BCUT2D eigenvalue weighted by Gasteiger charge is 1.98. The van der Waals surface area contributed by atoms with E-state index in [1.807, 2.05) is 0 Å². The first kappa shape index (κ1) is 8.85. The van der Waals surface area contributed by atoms with E-state index in [9.17, 15) is 0 Å². The third-order valence-electron chi connectivity index (χ3n) is 1.92. The monoisotopic (exact) mass is 161 g/mol. The highest BCUT2D eigenvalue weighted by molar-refractivity contribution is 5.32. The van der Waals surface area contributed by atoms with E-state index in [0.29, 0.717) is 0 Å². The molecular weight excluding hydrogens is 146 g/mol. The summed E-state index contributed by atoms with van der Waals surface area (Å²) < 4.78 is 0. The molecule has 0 aliphatic heterocycles. The normalized spacial score (nSPS) is 9.83. The molecule has 1 aromatic carbocycles. The molecule has 1 heteroatoms. The quantitative estimate of drug-likeness (QED) is 0.707. The van der Waals surface area contributed by atoms with Gasteiger partial charge in [0.1, 0.15) is 0 Å². The molecule has 1 nitrogen and oxygen atoms in total. The summed E-state index contributed by atoms with van der Waals surface area (Å²) in [6.07, 6.45) is 0.785. The second kappa shape index (κ2) is 3.44. The lowest BCUT2D eigenvalue weighted by Gasteiger charge is -2.05.